The van der Waals surface area contributed by atoms with Crippen LogP contribution in [0.2, 0.25) is 5.02 Å². The summed E-state index contributed by atoms with van der Waals surface area (Å²) >= 11 is 6.29. The number of benzene rings is 1. The summed E-state index contributed by atoms with van der Waals surface area (Å²) in [6.45, 7) is 5.75. The summed E-state index contributed by atoms with van der Waals surface area (Å²) in [7, 11) is 0. The number of hydrogen-bond donors (Lipinski definition) is 2. The Morgan fingerprint density at radius 1 is 1.20 bits per heavy atom. The Balaban J connectivity index is 1.51. The number of hydrogen-bond acceptors (Lipinski definition) is 4. The quantitative estimate of drug-likeness (QED) is 0.878. The zero-order chi connectivity index (χ0) is 17.2. The fraction of sp³-hybridized carbons (Fsp3) is 0.444. The SMILES string of the molecule is O=C(c1cn[nH]c1-c1ccccc1Cl)N1CCC(N2CCNCC2)C1. The van der Waals surface area contributed by atoms with Crippen LogP contribution in [0, 0.1) is 0 Å². The van der Waals surface area contributed by atoms with Crippen LogP contribution in [0.15, 0.2) is 30.5 Å². The standard InChI is InChI=1S/C18H22ClN5O/c19-16-4-2-1-3-14(16)17-15(11-21-22-17)18(25)24-8-5-13(12-24)23-9-6-20-7-10-23/h1-4,11,13,20H,5-10,12H2,(H,21,22). The highest BCUT2D eigenvalue weighted by Gasteiger charge is 2.32. The molecule has 7 heteroatoms. The van der Waals surface area contributed by atoms with Gasteiger partial charge in [0.25, 0.3) is 5.91 Å². The van der Waals surface area contributed by atoms with E-state index < -0.39 is 0 Å². The number of likely N-dealkylation sites (tertiary alicyclic amines) is 1. The minimum absolute atomic E-state index is 0.0290. The lowest BCUT2D eigenvalue weighted by atomic mass is 10.1. The second-order valence-corrected chi connectivity index (χ2v) is 7.03. The molecule has 0 spiro atoms. The van der Waals surface area contributed by atoms with Gasteiger partial charge in [0.1, 0.15) is 0 Å². The molecule has 6 nitrogen and oxygen atoms in total. The first-order valence-electron chi connectivity index (χ1n) is 8.76. The van der Waals surface area contributed by atoms with E-state index >= 15 is 0 Å². The first kappa shape index (κ1) is 16.6. The number of carbonyl (C=O) groups excluding carboxylic acids is 1. The van der Waals surface area contributed by atoms with E-state index in [1.807, 2.05) is 29.2 Å². The van der Waals surface area contributed by atoms with Crippen LogP contribution in [-0.2, 0) is 0 Å². The molecule has 1 aromatic carbocycles. The van der Waals surface area contributed by atoms with Crippen LogP contribution in [0.1, 0.15) is 16.8 Å². The number of aromatic amines is 1. The molecule has 1 amide bonds. The first-order valence-corrected chi connectivity index (χ1v) is 9.14. The van der Waals surface area contributed by atoms with Crippen molar-refractivity contribution in [3.63, 3.8) is 0 Å². The van der Waals surface area contributed by atoms with E-state index in [1.54, 1.807) is 6.20 Å². The van der Waals surface area contributed by atoms with E-state index in [-0.39, 0.29) is 5.91 Å². The number of carbonyl (C=O) groups is 1. The molecule has 2 aliphatic heterocycles. The van der Waals surface area contributed by atoms with Crippen LogP contribution < -0.4 is 5.32 Å². The van der Waals surface area contributed by atoms with Gasteiger partial charge >= 0.3 is 0 Å². The lowest BCUT2D eigenvalue weighted by Crippen LogP contribution is -2.49. The maximum atomic E-state index is 13.0. The Labute approximate surface area is 152 Å². The Bertz CT molecular complexity index is 755. The molecule has 0 saturated carbocycles. The number of halogens is 1. The molecule has 132 valence electrons. The first-order chi connectivity index (χ1) is 12.2. The van der Waals surface area contributed by atoms with Crippen LogP contribution in [0.25, 0.3) is 11.3 Å². The lowest BCUT2D eigenvalue weighted by molar-refractivity contribution is 0.0774. The van der Waals surface area contributed by atoms with Gasteiger partial charge in [-0.25, -0.2) is 0 Å². The molecular formula is C18H22ClN5O. The molecule has 2 aromatic rings. The van der Waals surface area contributed by atoms with Gasteiger partial charge in [-0.3, -0.25) is 14.8 Å². The third-order valence-electron chi connectivity index (χ3n) is 5.13. The minimum Gasteiger partial charge on any atom is -0.337 e. The fourth-order valence-electron chi connectivity index (χ4n) is 3.76. The van der Waals surface area contributed by atoms with Gasteiger partial charge in [-0.05, 0) is 12.5 Å². The van der Waals surface area contributed by atoms with Crippen LogP contribution in [-0.4, -0.2) is 71.2 Å². The predicted molar refractivity (Wildman–Crippen MR) is 97.8 cm³/mol. The summed E-state index contributed by atoms with van der Waals surface area (Å²) in [5, 5.41) is 11.0. The molecular weight excluding hydrogens is 338 g/mol. The van der Waals surface area contributed by atoms with Crippen molar-refractivity contribution < 1.29 is 4.79 Å². The Kier molecular flexibility index (Phi) is 4.74. The van der Waals surface area contributed by atoms with Gasteiger partial charge in [0, 0.05) is 55.9 Å². The van der Waals surface area contributed by atoms with Crippen LogP contribution in [0.5, 0.6) is 0 Å². The van der Waals surface area contributed by atoms with Crippen LogP contribution >= 0.6 is 11.6 Å². The maximum Gasteiger partial charge on any atom is 0.257 e. The average Bonchev–Trinajstić information content (AvgIpc) is 3.32. The molecule has 0 bridgehead atoms. The molecule has 1 aromatic heterocycles. The smallest absolute Gasteiger partial charge is 0.257 e. The van der Waals surface area contributed by atoms with Gasteiger partial charge in [-0.15, -0.1) is 0 Å². The van der Waals surface area contributed by atoms with Crippen molar-refractivity contribution in [1.82, 2.24) is 25.3 Å². The molecule has 1 atom stereocenters. The monoisotopic (exact) mass is 359 g/mol. The molecule has 0 radical (unpaired) electrons. The number of aromatic nitrogens is 2. The minimum atomic E-state index is 0.0290. The summed E-state index contributed by atoms with van der Waals surface area (Å²) in [4.78, 5) is 17.5. The van der Waals surface area contributed by atoms with Crippen molar-refractivity contribution >= 4 is 17.5 Å². The number of nitrogens with zero attached hydrogens (tertiary/aromatic N) is 3. The second-order valence-electron chi connectivity index (χ2n) is 6.62. The highest BCUT2D eigenvalue weighted by molar-refractivity contribution is 6.33. The van der Waals surface area contributed by atoms with E-state index in [0.29, 0.717) is 22.3 Å². The molecule has 1 unspecified atom stereocenters. The molecule has 2 fully saturated rings. The van der Waals surface area contributed by atoms with Gasteiger partial charge in [0.15, 0.2) is 0 Å². The van der Waals surface area contributed by atoms with E-state index in [9.17, 15) is 4.79 Å². The maximum absolute atomic E-state index is 13.0. The number of nitrogens with one attached hydrogen (secondary N) is 2. The third kappa shape index (κ3) is 3.29. The van der Waals surface area contributed by atoms with Gasteiger partial charge in [0.05, 0.1) is 17.5 Å². The highest BCUT2D eigenvalue weighted by Crippen LogP contribution is 2.30. The van der Waals surface area contributed by atoms with Gasteiger partial charge in [-0.1, -0.05) is 29.8 Å². The third-order valence-corrected chi connectivity index (χ3v) is 5.46. The molecule has 3 heterocycles. The molecule has 2 aliphatic rings. The number of piperazine rings is 1. The molecule has 2 saturated heterocycles. The Hall–Kier alpha value is -1.89. The van der Waals surface area contributed by atoms with Crippen molar-refractivity contribution in [3.05, 3.63) is 41.0 Å². The van der Waals surface area contributed by atoms with Gasteiger partial charge < -0.3 is 10.2 Å². The number of H-pyrrole nitrogens is 1. The zero-order valence-electron chi connectivity index (χ0n) is 14.0. The Morgan fingerprint density at radius 2 is 2.00 bits per heavy atom. The molecule has 2 N–H and O–H groups in total. The van der Waals surface area contributed by atoms with Crippen molar-refractivity contribution in [2.45, 2.75) is 12.5 Å². The summed E-state index contributed by atoms with van der Waals surface area (Å²) in [6, 6.07) is 7.97. The van der Waals surface area contributed by atoms with Gasteiger partial charge in [-0.2, -0.15) is 5.10 Å². The topological polar surface area (TPSA) is 64.3 Å². The fourth-order valence-corrected chi connectivity index (χ4v) is 3.99. The predicted octanol–water partition coefficient (Wildman–Crippen LogP) is 1.85. The largest absolute Gasteiger partial charge is 0.337 e. The van der Waals surface area contributed by atoms with Crippen molar-refractivity contribution in [2.24, 2.45) is 0 Å². The average molecular weight is 360 g/mol. The Morgan fingerprint density at radius 3 is 2.80 bits per heavy atom. The van der Waals surface area contributed by atoms with E-state index in [0.717, 1.165) is 51.3 Å². The number of rotatable bonds is 3. The van der Waals surface area contributed by atoms with E-state index in [4.69, 9.17) is 11.6 Å². The second kappa shape index (κ2) is 7.15. The highest BCUT2D eigenvalue weighted by atomic mass is 35.5. The molecule has 4 rings (SSSR count). The molecule has 25 heavy (non-hydrogen) atoms. The van der Waals surface area contributed by atoms with Crippen molar-refractivity contribution in [1.29, 1.82) is 0 Å². The van der Waals surface area contributed by atoms with Crippen molar-refractivity contribution in [3.8, 4) is 11.3 Å². The number of amides is 1. The van der Waals surface area contributed by atoms with E-state index in [1.165, 1.54) is 0 Å². The summed E-state index contributed by atoms with van der Waals surface area (Å²) in [5.74, 6) is 0.0290. The van der Waals surface area contributed by atoms with Crippen LogP contribution in [0.3, 0.4) is 0 Å². The zero-order valence-corrected chi connectivity index (χ0v) is 14.8. The van der Waals surface area contributed by atoms with Crippen molar-refractivity contribution in [2.75, 3.05) is 39.3 Å². The summed E-state index contributed by atoms with van der Waals surface area (Å²) in [6.07, 6.45) is 2.64. The molecule has 0 aliphatic carbocycles. The summed E-state index contributed by atoms with van der Waals surface area (Å²) < 4.78 is 0. The normalized spacial score (nSPS) is 21.6. The lowest BCUT2D eigenvalue weighted by Gasteiger charge is -2.32. The summed E-state index contributed by atoms with van der Waals surface area (Å²) in [5.41, 5.74) is 2.10. The van der Waals surface area contributed by atoms with Crippen LogP contribution in [0.4, 0.5) is 0 Å². The van der Waals surface area contributed by atoms with E-state index in [2.05, 4.69) is 20.4 Å². The van der Waals surface area contributed by atoms with Gasteiger partial charge in [0.2, 0.25) is 0 Å².